The van der Waals surface area contributed by atoms with Crippen molar-refractivity contribution < 1.29 is 22.0 Å². The monoisotopic (exact) mass is 1020 g/mol. The van der Waals surface area contributed by atoms with Crippen LogP contribution in [0.1, 0.15) is 50.1 Å². The fourth-order valence-electron chi connectivity index (χ4n) is 11.9. The number of nitriles is 1. The number of aromatic nitrogens is 2. The van der Waals surface area contributed by atoms with Gasteiger partial charge in [-0.05, 0) is 164 Å². The van der Waals surface area contributed by atoms with E-state index in [1.54, 1.807) is 0 Å². The second-order valence-electron chi connectivity index (χ2n) is 20.8. The van der Waals surface area contributed by atoms with Crippen molar-refractivity contribution >= 4 is 43.6 Å². The Kier molecular flexibility index (Phi) is 11.6. The third-order valence-electron chi connectivity index (χ3n) is 15.5. The molecule has 77 heavy (non-hydrogen) atoms. The first kappa shape index (κ1) is 48.9. The van der Waals surface area contributed by atoms with E-state index >= 15 is 22.0 Å². The maximum absolute atomic E-state index is 16.7. The van der Waals surface area contributed by atoms with Crippen molar-refractivity contribution in [3.63, 3.8) is 0 Å². The molecule has 0 aliphatic heterocycles. The van der Waals surface area contributed by atoms with Crippen LogP contribution < -0.4 is 0 Å². The summed E-state index contributed by atoms with van der Waals surface area (Å²) in [6.07, 6.45) is 0. The fourth-order valence-corrected chi connectivity index (χ4v) is 11.9. The van der Waals surface area contributed by atoms with Gasteiger partial charge in [-0.15, -0.1) is 0 Å². The highest BCUT2D eigenvalue weighted by Crippen LogP contribution is 2.45. The van der Waals surface area contributed by atoms with Crippen LogP contribution in [0.2, 0.25) is 0 Å². The van der Waals surface area contributed by atoms with E-state index in [0.717, 1.165) is 111 Å². The van der Waals surface area contributed by atoms with E-state index in [4.69, 9.17) is 0 Å². The van der Waals surface area contributed by atoms with Gasteiger partial charge in [0.25, 0.3) is 0 Å². The Morgan fingerprint density at radius 3 is 0.844 bits per heavy atom. The van der Waals surface area contributed by atoms with Gasteiger partial charge in [0.05, 0.1) is 39.0 Å². The lowest BCUT2D eigenvalue weighted by atomic mass is 9.96. The lowest BCUT2D eigenvalue weighted by Gasteiger charge is -2.20. The van der Waals surface area contributed by atoms with E-state index < -0.39 is 34.6 Å². The average molecular weight is 1020 g/mol. The largest absolute Gasteiger partial charge is 0.308 e. The van der Waals surface area contributed by atoms with E-state index in [0.29, 0.717) is 22.1 Å². The van der Waals surface area contributed by atoms with E-state index in [-0.39, 0.29) is 22.5 Å². The summed E-state index contributed by atoms with van der Waals surface area (Å²) in [6, 6.07) is 54.8. The van der Waals surface area contributed by atoms with Crippen molar-refractivity contribution in [3.8, 4) is 73.1 Å². The summed E-state index contributed by atoms with van der Waals surface area (Å²) < 4.78 is 83.5. The first-order chi connectivity index (χ1) is 37.0. The summed E-state index contributed by atoms with van der Waals surface area (Å²) in [4.78, 5) is 0. The highest BCUT2D eigenvalue weighted by Gasteiger charge is 2.30. The molecule has 0 fully saturated rings. The molecule has 0 amide bonds. The summed E-state index contributed by atoms with van der Waals surface area (Å²) in [5.74, 6) is -10.4. The van der Waals surface area contributed by atoms with Gasteiger partial charge in [-0.3, -0.25) is 0 Å². The summed E-state index contributed by atoms with van der Waals surface area (Å²) in [5.41, 5.74) is 17.6. The Morgan fingerprint density at radius 2 is 0.584 bits per heavy atom. The fraction of sp³-hybridized carbons (Fsp3) is 0.116. The van der Waals surface area contributed by atoms with Crippen molar-refractivity contribution in [3.05, 3.63) is 237 Å². The predicted molar refractivity (Wildman–Crippen MR) is 305 cm³/mol. The Morgan fingerprint density at radius 1 is 0.312 bits per heavy atom. The molecule has 0 saturated carbocycles. The van der Waals surface area contributed by atoms with Gasteiger partial charge in [-0.1, -0.05) is 144 Å². The molecule has 0 radical (unpaired) electrons. The number of nitrogens with zero attached hydrogens (tertiary/aromatic N) is 3. The Bertz CT molecular complexity index is 4070. The molecule has 0 spiro atoms. The number of rotatable bonds is 7. The molecule has 0 aliphatic carbocycles. The second-order valence-corrected chi connectivity index (χ2v) is 20.8. The first-order valence-electron chi connectivity index (χ1n) is 25.6. The molecule has 0 bridgehead atoms. The minimum absolute atomic E-state index is 0.0953. The number of fused-ring (bicyclic) bond motifs is 6. The predicted octanol–water partition coefficient (Wildman–Crippen LogP) is 19.3. The van der Waals surface area contributed by atoms with Crippen LogP contribution in [0.15, 0.2) is 158 Å². The lowest BCUT2D eigenvalue weighted by Crippen LogP contribution is -2.08. The quantitative estimate of drug-likeness (QED) is 0.0890. The van der Waals surface area contributed by atoms with Crippen LogP contribution in [0.3, 0.4) is 0 Å². The molecule has 8 heteroatoms. The minimum atomic E-state index is -2.27. The summed E-state index contributed by atoms with van der Waals surface area (Å²) in [7, 11) is 0. The van der Waals surface area contributed by atoms with Gasteiger partial charge < -0.3 is 9.13 Å². The molecule has 12 aromatic rings. The zero-order valence-corrected chi connectivity index (χ0v) is 43.7. The molecule has 0 atom stereocenters. The number of benzene rings is 10. The highest BCUT2D eigenvalue weighted by molar-refractivity contribution is 6.13. The molecule has 2 aromatic heterocycles. The molecule has 0 N–H and O–H groups in total. The van der Waals surface area contributed by atoms with Crippen LogP contribution in [0, 0.1) is 95.8 Å². The minimum Gasteiger partial charge on any atom is -0.308 e. The maximum atomic E-state index is 16.7. The third kappa shape index (κ3) is 7.91. The van der Waals surface area contributed by atoms with Crippen molar-refractivity contribution in [2.75, 3.05) is 0 Å². The third-order valence-corrected chi connectivity index (χ3v) is 15.5. The molecule has 0 aliphatic rings. The van der Waals surface area contributed by atoms with Gasteiger partial charge in [0.15, 0.2) is 23.3 Å². The van der Waals surface area contributed by atoms with Gasteiger partial charge in [0, 0.05) is 21.5 Å². The zero-order valence-electron chi connectivity index (χ0n) is 43.7. The molecule has 10 aromatic carbocycles. The van der Waals surface area contributed by atoms with Gasteiger partial charge in [0.2, 0.25) is 5.82 Å². The Labute approximate surface area is 443 Å². The van der Waals surface area contributed by atoms with Crippen molar-refractivity contribution in [1.29, 1.82) is 5.26 Å². The maximum Gasteiger partial charge on any atom is 0.200 e. The van der Waals surface area contributed by atoms with Crippen molar-refractivity contribution in [1.82, 2.24) is 9.13 Å². The zero-order chi connectivity index (χ0) is 53.9. The number of hydrogen-bond donors (Lipinski definition) is 0. The van der Waals surface area contributed by atoms with Crippen molar-refractivity contribution in [2.24, 2.45) is 0 Å². The molecule has 0 unspecified atom stereocenters. The Hall–Kier alpha value is -9.06. The molecular formula is C69H50F5N3. The van der Waals surface area contributed by atoms with Gasteiger partial charge in [-0.2, -0.15) is 5.26 Å². The summed E-state index contributed by atoms with van der Waals surface area (Å²) in [6.45, 7) is 16.4. The normalized spacial score (nSPS) is 11.7. The van der Waals surface area contributed by atoms with Crippen LogP contribution in [-0.2, 0) is 0 Å². The second kappa shape index (κ2) is 18.4. The van der Waals surface area contributed by atoms with E-state index in [2.05, 4.69) is 131 Å². The van der Waals surface area contributed by atoms with E-state index in [1.165, 1.54) is 12.1 Å². The molecule has 376 valence electrons. The number of halogens is 5. The number of aryl methyl sites for hydroxylation is 8. The highest BCUT2D eigenvalue weighted by atomic mass is 19.2. The van der Waals surface area contributed by atoms with Crippen LogP contribution in [0.5, 0.6) is 0 Å². The van der Waals surface area contributed by atoms with Gasteiger partial charge in [-0.25, -0.2) is 22.0 Å². The first-order valence-corrected chi connectivity index (χ1v) is 25.6. The average Bonchev–Trinajstić information content (AvgIpc) is 4.13. The van der Waals surface area contributed by atoms with Gasteiger partial charge >= 0.3 is 0 Å². The topological polar surface area (TPSA) is 33.6 Å². The summed E-state index contributed by atoms with van der Waals surface area (Å²) in [5, 5.41) is 15.2. The van der Waals surface area contributed by atoms with Gasteiger partial charge in [0.1, 0.15) is 11.6 Å². The smallest absolute Gasteiger partial charge is 0.200 e. The van der Waals surface area contributed by atoms with E-state index in [9.17, 15) is 5.26 Å². The molecule has 2 heterocycles. The molecular weight excluding hydrogens is 966 g/mol. The van der Waals surface area contributed by atoms with Crippen LogP contribution >= 0.6 is 0 Å². The standard InChI is InChI=1S/C69H50F5N3/c1-36-9-17-49(40(5)25-36)44-13-21-53-54-22-14-45(50-18-10-37(2)26-41(50)6)30-59(54)76(58(53)29-44)62-33-48(64-65(70)67(72)69(74)68(73)66(64)71)34-63(57(62)35-75)77-60-31-46(51-19-11-38(3)27-42(51)7)15-23-55(60)56-24-16-47(32-61(56)77)52-20-12-39(4)28-43(52)8/h9-34H,1-8H3. The van der Waals surface area contributed by atoms with Crippen LogP contribution in [0.25, 0.3) is 111 Å². The summed E-state index contributed by atoms with van der Waals surface area (Å²) >= 11 is 0. The molecule has 3 nitrogen and oxygen atoms in total. The Balaban J connectivity index is 1.27. The van der Waals surface area contributed by atoms with Crippen LogP contribution in [-0.4, -0.2) is 9.13 Å². The van der Waals surface area contributed by atoms with E-state index in [1.807, 2.05) is 85.4 Å². The van der Waals surface area contributed by atoms with Crippen LogP contribution in [0.4, 0.5) is 22.0 Å². The number of hydrogen-bond acceptors (Lipinski definition) is 1. The lowest BCUT2D eigenvalue weighted by molar-refractivity contribution is 0.381. The molecule has 0 saturated heterocycles. The van der Waals surface area contributed by atoms with Crippen molar-refractivity contribution in [2.45, 2.75) is 55.4 Å². The molecule has 12 rings (SSSR count). The SMILES string of the molecule is Cc1ccc(-c2ccc3c4ccc(-c5ccc(C)cc5C)cc4n(-c4cc(-c5c(F)c(F)c(F)c(F)c5F)cc(-n5c6cc(-c7ccc(C)cc7C)ccc6c6ccc(-c7ccc(C)cc7C)cc65)c4C#N)c3c2)c(C)c1.